The average molecular weight is 310 g/mol. The average Bonchev–Trinajstić information content (AvgIpc) is 3.16. The van der Waals surface area contributed by atoms with E-state index in [0.29, 0.717) is 4.77 Å². The molecule has 0 aromatic carbocycles. The van der Waals surface area contributed by atoms with Gasteiger partial charge in [0.25, 0.3) is 0 Å². The minimum Gasteiger partial charge on any atom is -0.371 e. The van der Waals surface area contributed by atoms with E-state index in [1.807, 2.05) is 6.20 Å². The van der Waals surface area contributed by atoms with Gasteiger partial charge in [-0.05, 0) is 31.5 Å². The molecule has 2 aromatic heterocycles. The molecular formula is C13H18N4OS2. The van der Waals surface area contributed by atoms with E-state index in [0.717, 1.165) is 54.5 Å². The predicted molar refractivity (Wildman–Crippen MR) is 81.4 cm³/mol. The lowest BCUT2D eigenvalue weighted by Crippen LogP contribution is -1.99. The summed E-state index contributed by atoms with van der Waals surface area (Å²) in [6.45, 7) is 3.91. The van der Waals surface area contributed by atoms with Gasteiger partial charge in [-0.25, -0.2) is 4.98 Å². The number of H-pyrrole nitrogens is 1. The molecule has 0 saturated carbocycles. The maximum atomic E-state index is 5.68. The van der Waals surface area contributed by atoms with Crippen molar-refractivity contribution in [2.45, 2.75) is 45.3 Å². The third-order valence-electron chi connectivity index (χ3n) is 3.44. The van der Waals surface area contributed by atoms with Crippen LogP contribution in [0.15, 0.2) is 6.20 Å². The standard InChI is InChI=1S/C13H18N4OS2/c1-2-3-6-17-11(15-16-13(17)19)10-8-14-12(20-10)9-5-4-7-18-9/h8-9H,2-7H2,1H3,(H,16,19). The zero-order valence-corrected chi connectivity index (χ0v) is 13.1. The number of hydrogen-bond donors (Lipinski definition) is 1. The van der Waals surface area contributed by atoms with Gasteiger partial charge in [-0.15, -0.1) is 11.3 Å². The molecule has 1 aliphatic rings. The van der Waals surface area contributed by atoms with Gasteiger partial charge in [0, 0.05) is 19.3 Å². The summed E-state index contributed by atoms with van der Waals surface area (Å²) in [5.41, 5.74) is 0. The summed E-state index contributed by atoms with van der Waals surface area (Å²) >= 11 is 6.96. The summed E-state index contributed by atoms with van der Waals surface area (Å²) in [7, 11) is 0. The Morgan fingerprint density at radius 1 is 1.60 bits per heavy atom. The van der Waals surface area contributed by atoms with Crippen LogP contribution in [0, 0.1) is 4.77 Å². The normalized spacial score (nSPS) is 18.8. The Kier molecular flexibility index (Phi) is 4.28. The summed E-state index contributed by atoms with van der Waals surface area (Å²) in [6, 6.07) is 0. The Balaban J connectivity index is 1.87. The molecule has 108 valence electrons. The van der Waals surface area contributed by atoms with Crippen LogP contribution in [0.3, 0.4) is 0 Å². The molecule has 3 heterocycles. The summed E-state index contributed by atoms with van der Waals surface area (Å²) < 4.78 is 8.42. The number of hydrogen-bond acceptors (Lipinski definition) is 5. The highest BCUT2D eigenvalue weighted by molar-refractivity contribution is 7.71. The highest BCUT2D eigenvalue weighted by Crippen LogP contribution is 2.34. The molecule has 1 saturated heterocycles. The highest BCUT2D eigenvalue weighted by Gasteiger charge is 2.22. The highest BCUT2D eigenvalue weighted by atomic mass is 32.1. The second-order valence-electron chi connectivity index (χ2n) is 4.92. The topological polar surface area (TPSA) is 55.7 Å². The molecule has 0 spiro atoms. The number of thiazole rings is 1. The van der Waals surface area contributed by atoms with E-state index in [1.165, 1.54) is 0 Å². The van der Waals surface area contributed by atoms with Crippen LogP contribution in [-0.2, 0) is 11.3 Å². The first-order valence-corrected chi connectivity index (χ1v) is 8.25. The van der Waals surface area contributed by atoms with Crippen molar-refractivity contribution in [2.75, 3.05) is 6.61 Å². The number of aromatic amines is 1. The van der Waals surface area contributed by atoms with E-state index in [4.69, 9.17) is 17.0 Å². The summed E-state index contributed by atoms with van der Waals surface area (Å²) in [6.07, 6.45) is 6.47. The van der Waals surface area contributed by atoms with Crippen molar-refractivity contribution in [3.8, 4) is 10.7 Å². The Labute approximate surface area is 127 Å². The minimum atomic E-state index is 0.166. The fourth-order valence-corrected chi connectivity index (χ4v) is 3.57. The minimum absolute atomic E-state index is 0.166. The van der Waals surface area contributed by atoms with Crippen LogP contribution >= 0.6 is 23.6 Å². The molecule has 0 amide bonds. The fourth-order valence-electron chi connectivity index (χ4n) is 2.34. The first kappa shape index (κ1) is 13.9. The van der Waals surface area contributed by atoms with Gasteiger partial charge < -0.3 is 4.74 Å². The lowest BCUT2D eigenvalue weighted by atomic mass is 10.2. The zero-order chi connectivity index (χ0) is 13.9. The van der Waals surface area contributed by atoms with Crippen molar-refractivity contribution in [1.82, 2.24) is 19.7 Å². The van der Waals surface area contributed by atoms with Crippen LogP contribution < -0.4 is 0 Å². The van der Waals surface area contributed by atoms with Crippen LogP contribution in [0.1, 0.15) is 43.7 Å². The van der Waals surface area contributed by atoms with Crippen molar-refractivity contribution in [1.29, 1.82) is 0 Å². The van der Waals surface area contributed by atoms with Gasteiger partial charge >= 0.3 is 0 Å². The third kappa shape index (κ3) is 2.70. The summed E-state index contributed by atoms with van der Waals surface area (Å²) in [5, 5.41) is 8.29. The Hall–Kier alpha value is -1.05. The molecule has 1 fully saturated rings. The maximum absolute atomic E-state index is 5.68. The number of unbranched alkanes of at least 4 members (excludes halogenated alkanes) is 1. The van der Waals surface area contributed by atoms with Crippen molar-refractivity contribution in [2.24, 2.45) is 0 Å². The molecule has 0 radical (unpaired) electrons. The summed E-state index contributed by atoms with van der Waals surface area (Å²) in [4.78, 5) is 5.55. The third-order valence-corrected chi connectivity index (χ3v) is 4.84. The molecule has 1 atom stereocenters. The van der Waals surface area contributed by atoms with Gasteiger partial charge in [0.05, 0.1) is 4.88 Å². The number of nitrogens with one attached hydrogen (secondary N) is 1. The summed E-state index contributed by atoms with van der Waals surface area (Å²) in [5.74, 6) is 0.894. The maximum Gasteiger partial charge on any atom is 0.195 e. The molecule has 5 nitrogen and oxygen atoms in total. The molecule has 1 N–H and O–H groups in total. The quantitative estimate of drug-likeness (QED) is 0.855. The van der Waals surface area contributed by atoms with Gasteiger partial charge in [-0.1, -0.05) is 13.3 Å². The smallest absolute Gasteiger partial charge is 0.195 e. The fraction of sp³-hybridized carbons (Fsp3) is 0.615. The van der Waals surface area contributed by atoms with Gasteiger partial charge in [0.1, 0.15) is 11.1 Å². The molecular weight excluding hydrogens is 292 g/mol. The molecule has 7 heteroatoms. The predicted octanol–water partition coefficient (Wildman–Crippen LogP) is 3.72. The van der Waals surface area contributed by atoms with Crippen LogP contribution in [-0.4, -0.2) is 26.4 Å². The number of ether oxygens (including phenoxy) is 1. The molecule has 0 bridgehead atoms. The molecule has 20 heavy (non-hydrogen) atoms. The Morgan fingerprint density at radius 3 is 3.25 bits per heavy atom. The van der Waals surface area contributed by atoms with Crippen LogP contribution in [0.4, 0.5) is 0 Å². The number of nitrogens with zero attached hydrogens (tertiary/aromatic N) is 3. The second-order valence-corrected chi connectivity index (χ2v) is 6.37. The molecule has 1 unspecified atom stereocenters. The molecule has 3 rings (SSSR count). The van der Waals surface area contributed by atoms with Gasteiger partial charge in [-0.2, -0.15) is 5.10 Å². The first-order valence-electron chi connectivity index (χ1n) is 7.02. The van der Waals surface area contributed by atoms with Crippen LogP contribution in [0.2, 0.25) is 0 Å². The van der Waals surface area contributed by atoms with Crippen molar-refractivity contribution in [3.05, 3.63) is 16.0 Å². The first-order chi connectivity index (χ1) is 9.79. The zero-order valence-electron chi connectivity index (χ0n) is 11.5. The monoisotopic (exact) mass is 310 g/mol. The van der Waals surface area contributed by atoms with Gasteiger partial charge in [-0.3, -0.25) is 9.67 Å². The van der Waals surface area contributed by atoms with E-state index in [-0.39, 0.29) is 6.10 Å². The van der Waals surface area contributed by atoms with Crippen LogP contribution in [0.25, 0.3) is 10.7 Å². The van der Waals surface area contributed by atoms with Crippen molar-refractivity contribution in [3.63, 3.8) is 0 Å². The molecule has 1 aliphatic heterocycles. The SMILES string of the molecule is CCCCn1c(-c2cnc(C3CCCO3)s2)n[nH]c1=S. The van der Waals surface area contributed by atoms with E-state index < -0.39 is 0 Å². The number of rotatable bonds is 5. The number of aromatic nitrogens is 4. The van der Waals surface area contributed by atoms with Crippen molar-refractivity contribution >= 4 is 23.6 Å². The second kappa shape index (κ2) is 6.15. The van der Waals surface area contributed by atoms with Gasteiger partial charge in [0.15, 0.2) is 10.6 Å². The lowest BCUT2D eigenvalue weighted by Gasteiger charge is -2.04. The van der Waals surface area contributed by atoms with E-state index in [2.05, 4.69) is 26.7 Å². The Morgan fingerprint density at radius 2 is 2.50 bits per heavy atom. The van der Waals surface area contributed by atoms with E-state index in [1.54, 1.807) is 11.3 Å². The lowest BCUT2D eigenvalue weighted by molar-refractivity contribution is 0.111. The van der Waals surface area contributed by atoms with Gasteiger partial charge in [0.2, 0.25) is 0 Å². The van der Waals surface area contributed by atoms with Crippen molar-refractivity contribution < 1.29 is 4.74 Å². The van der Waals surface area contributed by atoms with E-state index in [9.17, 15) is 0 Å². The van der Waals surface area contributed by atoms with E-state index >= 15 is 0 Å². The van der Waals surface area contributed by atoms with Crippen LogP contribution in [0.5, 0.6) is 0 Å². The Bertz CT molecular complexity index is 624. The molecule has 0 aliphatic carbocycles. The molecule has 2 aromatic rings. The largest absolute Gasteiger partial charge is 0.371 e.